The van der Waals surface area contributed by atoms with E-state index >= 15 is 0 Å². The van der Waals surface area contributed by atoms with E-state index in [0.717, 1.165) is 60.8 Å². The number of nitrogens with two attached hydrogens (primary N) is 2. The van der Waals surface area contributed by atoms with Crippen molar-refractivity contribution >= 4 is 41.2 Å². The maximum atomic E-state index is 14.2. The molecule has 0 spiro atoms. The van der Waals surface area contributed by atoms with E-state index in [0.29, 0.717) is 19.4 Å². The summed E-state index contributed by atoms with van der Waals surface area (Å²) in [7, 11) is 1.32. The molecule has 0 bridgehead atoms. The molecule has 1 aliphatic heterocycles. The highest BCUT2D eigenvalue weighted by molar-refractivity contribution is 8.01. The number of likely N-dealkylation sites (tertiary alicyclic amines) is 1. The molecule has 6 rings (SSSR count). The third kappa shape index (κ3) is 11.1. The monoisotopic (exact) mass is 851 g/mol. The molecule has 6 N–H and O–H groups in total. The Morgan fingerprint density at radius 1 is 0.803 bits per heavy atom. The van der Waals surface area contributed by atoms with Gasteiger partial charge in [-0.15, -0.1) is 11.8 Å². The van der Waals surface area contributed by atoms with E-state index in [4.69, 9.17) is 16.2 Å². The molecule has 1 heterocycles. The molecule has 0 radical (unpaired) electrons. The van der Waals surface area contributed by atoms with Crippen LogP contribution in [0.15, 0.2) is 72.8 Å². The fraction of sp³-hybridized carbons (Fsp3) is 0.531. The molecule has 3 aliphatic rings. The van der Waals surface area contributed by atoms with E-state index in [-0.39, 0.29) is 53.7 Å². The number of ether oxygens (including phenoxy) is 1. The Labute approximate surface area is 365 Å². The van der Waals surface area contributed by atoms with E-state index in [2.05, 4.69) is 34.9 Å². The molecular formula is C49H65N5O6S. The fourth-order valence-electron chi connectivity index (χ4n) is 9.10. The van der Waals surface area contributed by atoms with Gasteiger partial charge in [0.05, 0.1) is 37.0 Å². The molecule has 3 aromatic rings. The van der Waals surface area contributed by atoms with Crippen molar-refractivity contribution in [2.24, 2.45) is 22.8 Å². The summed E-state index contributed by atoms with van der Waals surface area (Å²) in [6.07, 6.45) is 6.20. The maximum absolute atomic E-state index is 14.2. The first-order valence-electron chi connectivity index (χ1n) is 21.9. The zero-order chi connectivity index (χ0) is 44.1. The summed E-state index contributed by atoms with van der Waals surface area (Å²) in [5.41, 5.74) is 19.2. The summed E-state index contributed by atoms with van der Waals surface area (Å²) in [4.78, 5) is 69.9. The van der Waals surface area contributed by atoms with Crippen molar-refractivity contribution in [3.05, 3.63) is 106 Å². The predicted molar refractivity (Wildman–Crippen MR) is 241 cm³/mol. The van der Waals surface area contributed by atoms with E-state index in [1.54, 1.807) is 4.90 Å². The van der Waals surface area contributed by atoms with Crippen molar-refractivity contribution in [2.75, 3.05) is 19.4 Å². The van der Waals surface area contributed by atoms with Crippen molar-refractivity contribution in [1.82, 2.24) is 15.5 Å². The van der Waals surface area contributed by atoms with E-state index in [9.17, 15) is 24.0 Å². The minimum atomic E-state index is -0.923. The number of carbonyl (C=O) groups excluding carboxylic acids is 5. The molecule has 61 heavy (non-hydrogen) atoms. The highest BCUT2D eigenvalue weighted by Gasteiger charge is 2.44. The van der Waals surface area contributed by atoms with Crippen LogP contribution in [0.1, 0.15) is 125 Å². The van der Waals surface area contributed by atoms with Gasteiger partial charge in [0.1, 0.15) is 6.04 Å². The Bertz CT molecular complexity index is 2060. The first-order valence-corrected chi connectivity index (χ1v) is 22.9. The number of nitrogens with zero attached hydrogens (tertiary/aromatic N) is 1. The summed E-state index contributed by atoms with van der Waals surface area (Å²) in [5, 5.41) is 6.59. The lowest BCUT2D eigenvalue weighted by Gasteiger charge is -2.34. The van der Waals surface area contributed by atoms with Gasteiger partial charge < -0.3 is 31.7 Å². The summed E-state index contributed by atoms with van der Waals surface area (Å²) < 4.78 is 4.02. The Morgan fingerprint density at radius 2 is 1.38 bits per heavy atom. The number of nitrogens with one attached hydrogen (secondary N) is 2. The molecule has 328 valence electrons. The topological polar surface area (TPSA) is 174 Å². The standard InChI is InChI=1S/C49H65N5O6S/c1-48(2,3)44(51)47(59)54-28-35(26-40(54)46(58)53-39-20-12-16-33-14-8-10-18-37(33)39)31-23-21-30(22-24-31)25-34(27-41(55)43(50)49(4,5)61-29-42(56)60-6)45(57)52-38-19-11-15-32-13-7-9-17-36(32)38/h7-10,13-14,17-18,21-24,34-35,38-40,43-44H,11-12,15-16,19-20,25-29,50-51H2,1-6H3,(H,52,57)(H,53,58)/t34-,35?,38?,39?,40+,43-,44-/m1/s1. The molecular weight excluding hydrogens is 787 g/mol. The second-order valence-corrected chi connectivity index (χ2v) is 20.5. The molecule has 3 unspecified atom stereocenters. The minimum Gasteiger partial charge on any atom is -0.468 e. The number of methoxy groups -OCH3 is 1. The molecule has 3 aromatic carbocycles. The molecule has 0 saturated carbocycles. The number of esters is 1. The zero-order valence-electron chi connectivity index (χ0n) is 36.7. The molecule has 3 amide bonds. The van der Waals surface area contributed by atoms with Crippen molar-refractivity contribution in [2.45, 2.75) is 133 Å². The lowest BCUT2D eigenvalue weighted by atomic mass is 9.85. The van der Waals surface area contributed by atoms with Gasteiger partial charge in [-0.1, -0.05) is 93.6 Å². The summed E-state index contributed by atoms with van der Waals surface area (Å²) in [6, 6.07) is 21.7. The number of thioether (sulfide) groups is 1. The number of amides is 3. The van der Waals surface area contributed by atoms with Crippen molar-refractivity contribution in [3.8, 4) is 0 Å². The molecule has 11 nitrogen and oxygen atoms in total. The Morgan fingerprint density at radius 3 is 1.95 bits per heavy atom. The molecule has 7 atom stereocenters. The second-order valence-electron chi connectivity index (χ2n) is 18.8. The van der Waals surface area contributed by atoms with E-state index in [1.807, 2.05) is 83.1 Å². The number of ketones is 1. The molecule has 1 saturated heterocycles. The van der Waals surface area contributed by atoms with Crippen LogP contribution in [0.4, 0.5) is 0 Å². The van der Waals surface area contributed by atoms with Crippen LogP contribution in [0.25, 0.3) is 0 Å². The highest BCUT2D eigenvalue weighted by atomic mass is 32.2. The third-order valence-corrected chi connectivity index (χ3v) is 14.5. The van der Waals surface area contributed by atoms with Gasteiger partial charge in [0, 0.05) is 29.5 Å². The van der Waals surface area contributed by atoms with Crippen LogP contribution >= 0.6 is 11.8 Å². The number of aryl methyl sites for hydroxylation is 2. The number of hydrogen-bond acceptors (Lipinski definition) is 9. The quantitative estimate of drug-likeness (QED) is 0.129. The van der Waals surface area contributed by atoms with Gasteiger partial charge in [-0.05, 0) is 104 Å². The van der Waals surface area contributed by atoms with Gasteiger partial charge in [-0.2, -0.15) is 0 Å². The van der Waals surface area contributed by atoms with Gasteiger partial charge in [0.2, 0.25) is 17.7 Å². The Hall–Kier alpha value is -4.52. The number of carbonyl (C=O) groups is 5. The van der Waals surface area contributed by atoms with Gasteiger partial charge in [0.15, 0.2) is 5.78 Å². The van der Waals surface area contributed by atoms with Crippen LogP contribution in [-0.2, 0) is 48.0 Å². The zero-order valence-corrected chi connectivity index (χ0v) is 37.5. The van der Waals surface area contributed by atoms with Gasteiger partial charge in [0.25, 0.3) is 0 Å². The van der Waals surface area contributed by atoms with Crippen molar-refractivity contribution in [1.29, 1.82) is 0 Å². The van der Waals surface area contributed by atoms with Crippen molar-refractivity contribution in [3.63, 3.8) is 0 Å². The van der Waals surface area contributed by atoms with Crippen LogP contribution in [-0.4, -0.2) is 76.7 Å². The second kappa shape index (κ2) is 19.7. The number of Topliss-reactive ketones (excluding diaryl/α,β-unsaturated/α-hetero) is 1. The Balaban J connectivity index is 1.20. The minimum absolute atomic E-state index is 0.0542. The summed E-state index contributed by atoms with van der Waals surface area (Å²) in [5.74, 6) is -2.03. The van der Waals surface area contributed by atoms with Crippen LogP contribution in [0.5, 0.6) is 0 Å². The average Bonchev–Trinajstić information content (AvgIpc) is 3.70. The van der Waals surface area contributed by atoms with Crippen LogP contribution in [0, 0.1) is 11.3 Å². The van der Waals surface area contributed by atoms with Gasteiger partial charge >= 0.3 is 5.97 Å². The number of benzene rings is 3. The largest absolute Gasteiger partial charge is 0.468 e. The van der Waals surface area contributed by atoms with Crippen LogP contribution in [0.2, 0.25) is 0 Å². The lowest BCUT2D eigenvalue weighted by molar-refractivity contribution is -0.141. The van der Waals surface area contributed by atoms with Crippen LogP contribution < -0.4 is 22.1 Å². The molecule has 0 aromatic heterocycles. The normalized spacial score (nSPS) is 21.6. The highest BCUT2D eigenvalue weighted by Crippen LogP contribution is 2.37. The van der Waals surface area contributed by atoms with Gasteiger partial charge in [-0.3, -0.25) is 24.0 Å². The first-order chi connectivity index (χ1) is 29.0. The van der Waals surface area contributed by atoms with Crippen LogP contribution in [0.3, 0.4) is 0 Å². The smallest absolute Gasteiger partial charge is 0.315 e. The maximum Gasteiger partial charge on any atom is 0.315 e. The average molecular weight is 852 g/mol. The fourth-order valence-corrected chi connectivity index (χ4v) is 10.0. The molecule has 1 fully saturated rings. The van der Waals surface area contributed by atoms with Gasteiger partial charge in [-0.25, -0.2) is 0 Å². The predicted octanol–water partition coefficient (Wildman–Crippen LogP) is 6.26. The Kier molecular flexibility index (Phi) is 14.8. The number of hydrogen-bond donors (Lipinski definition) is 4. The molecule has 2 aliphatic carbocycles. The number of fused-ring (bicyclic) bond motifs is 2. The van der Waals surface area contributed by atoms with E-state index in [1.165, 1.54) is 30.0 Å². The van der Waals surface area contributed by atoms with E-state index < -0.39 is 40.2 Å². The first kappa shape index (κ1) is 46.0. The SMILES string of the molecule is COC(=O)CSC(C)(C)[C@H](N)C(=O)C[C@@H](Cc1ccc(C2C[C@@H](C(=O)NC3CCCc4ccccc43)N(C(=O)[C@@H](N)C(C)(C)C)C2)cc1)C(=O)NC1CCCc2ccccc21. The summed E-state index contributed by atoms with van der Waals surface area (Å²) >= 11 is 1.26. The third-order valence-electron chi connectivity index (χ3n) is 13.1. The molecule has 12 heteroatoms. The number of rotatable bonds is 15. The lowest BCUT2D eigenvalue weighted by Crippen LogP contribution is -2.55. The van der Waals surface area contributed by atoms with Crippen molar-refractivity contribution < 1.29 is 28.7 Å². The summed E-state index contributed by atoms with van der Waals surface area (Å²) in [6.45, 7) is 9.81.